The van der Waals surface area contributed by atoms with Crippen molar-refractivity contribution in [3.63, 3.8) is 0 Å². The van der Waals surface area contributed by atoms with Gasteiger partial charge in [0.2, 0.25) is 0 Å². The Morgan fingerprint density at radius 2 is 2.17 bits per heavy atom. The molecule has 9 heteroatoms. The molecule has 0 bridgehead atoms. The number of hydrogen-bond acceptors (Lipinski definition) is 9. The number of anilines is 2. The first-order valence-electron chi connectivity index (χ1n) is 7.04. The van der Waals surface area contributed by atoms with Crippen LogP contribution in [0, 0.1) is 0 Å². The second-order valence-corrected chi connectivity index (χ2v) is 6.04. The van der Waals surface area contributed by atoms with Crippen LogP contribution < -0.4 is 15.9 Å². The summed E-state index contributed by atoms with van der Waals surface area (Å²) >= 11 is 1.62. The van der Waals surface area contributed by atoms with Gasteiger partial charge in [0, 0.05) is 24.4 Å². The summed E-state index contributed by atoms with van der Waals surface area (Å²) in [6, 6.07) is 6.34. The highest BCUT2D eigenvalue weighted by Gasteiger charge is 2.26. The fourth-order valence-electron chi connectivity index (χ4n) is 2.50. The third-order valence-electron chi connectivity index (χ3n) is 3.48. The Bertz CT molecular complexity index is 746. The minimum absolute atomic E-state index is 0.423. The number of aromatic nitrogens is 2. The van der Waals surface area contributed by atoms with Crippen molar-refractivity contribution in [2.45, 2.75) is 16.5 Å². The van der Waals surface area contributed by atoms with Gasteiger partial charge in [-0.1, -0.05) is 17.8 Å². The Hall–Kier alpha value is -2.36. The number of methoxy groups -OCH3 is 1. The van der Waals surface area contributed by atoms with Crippen LogP contribution in [0.4, 0.5) is 11.5 Å². The highest BCUT2D eigenvalue weighted by atomic mass is 32.2. The molecule has 0 fully saturated rings. The molecule has 118 valence electrons. The van der Waals surface area contributed by atoms with Gasteiger partial charge in [0.15, 0.2) is 5.82 Å². The lowest BCUT2D eigenvalue weighted by atomic mass is 10.2. The van der Waals surface area contributed by atoms with Crippen LogP contribution in [-0.2, 0) is 11.3 Å². The van der Waals surface area contributed by atoms with Crippen LogP contribution in [0.15, 0.2) is 45.6 Å². The third-order valence-corrected chi connectivity index (χ3v) is 4.52. The van der Waals surface area contributed by atoms with Crippen LogP contribution in [0.3, 0.4) is 0 Å². The zero-order chi connectivity index (χ0) is 15.6. The van der Waals surface area contributed by atoms with Crippen LogP contribution in [-0.4, -0.2) is 35.3 Å². The molecule has 0 aliphatic carbocycles. The number of hydrazine groups is 2. The fraction of sp³-hybridized carbons (Fsp3) is 0.214. The van der Waals surface area contributed by atoms with Crippen LogP contribution in [0.2, 0.25) is 0 Å². The maximum atomic E-state index is 5.36. The molecular formula is C14H15N7OS. The second kappa shape index (κ2) is 6.03. The number of nitrogens with one attached hydrogen (secondary N) is 2. The molecule has 2 N–H and O–H groups in total. The average Bonchev–Trinajstić information content (AvgIpc) is 3.08. The predicted octanol–water partition coefficient (Wildman–Crippen LogP) is 1.45. The highest BCUT2D eigenvalue weighted by Crippen LogP contribution is 2.46. The number of rotatable bonds is 4. The van der Waals surface area contributed by atoms with Crippen molar-refractivity contribution in [2.75, 3.05) is 18.7 Å². The van der Waals surface area contributed by atoms with E-state index in [0.717, 1.165) is 27.0 Å². The molecule has 0 radical (unpaired) electrons. The Labute approximate surface area is 137 Å². The molecule has 0 atom stereocenters. The van der Waals surface area contributed by atoms with E-state index in [0.29, 0.717) is 13.3 Å². The number of nitrogens with zero attached hydrogens (tertiary/aromatic N) is 5. The van der Waals surface area contributed by atoms with Gasteiger partial charge >= 0.3 is 0 Å². The summed E-state index contributed by atoms with van der Waals surface area (Å²) in [5.41, 5.74) is 8.08. The summed E-state index contributed by atoms with van der Waals surface area (Å²) in [6.07, 6.45) is 5.02. The van der Waals surface area contributed by atoms with Crippen molar-refractivity contribution in [2.24, 2.45) is 5.10 Å². The van der Waals surface area contributed by atoms with Gasteiger partial charge < -0.3 is 4.74 Å². The molecule has 23 heavy (non-hydrogen) atoms. The smallest absolute Gasteiger partial charge is 0.168 e. The van der Waals surface area contributed by atoms with E-state index in [2.05, 4.69) is 44.2 Å². The molecule has 2 aliphatic rings. The van der Waals surface area contributed by atoms with E-state index >= 15 is 0 Å². The second-order valence-electron chi connectivity index (χ2n) is 5.01. The van der Waals surface area contributed by atoms with Crippen LogP contribution in [0.1, 0.15) is 5.56 Å². The first-order chi connectivity index (χ1) is 11.3. The highest BCUT2D eigenvalue weighted by molar-refractivity contribution is 7.99. The van der Waals surface area contributed by atoms with Gasteiger partial charge in [-0.05, 0) is 17.7 Å². The SMILES string of the molecule is COCN1c2cc(CN3NC=NN3)ccc2Sc2nccnc21. The first-order valence-corrected chi connectivity index (χ1v) is 7.86. The van der Waals surface area contributed by atoms with Gasteiger partial charge in [0.25, 0.3) is 0 Å². The largest absolute Gasteiger partial charge is 0.364 e. The van der Waals surface area contributed by atoms with Crippen molar-refractivity contribution in [3.8, 4) is 0 Å². The summed E-state index contributed by atoms with van der Waals surface area (Å²) in [7, 11) is 1.68. The molecule has 1 aromatic carbocycles. The van der Waals surface area contributed by atoms with Gasteiger partial charge in [0.1, 0.15) is 18.1 Å². The zero-order valence-electron chi connectivity index (χ0n) is 12.4. The zero-order valence-corrected chi connectivity index (χ0v) is 13.2. The summed E-state index contributed by atoms with van der Waals surface area (Å²) in [5.74, 6) is 0.824. The molecule has 0 unspecified atom stereocenters. The molecule has 4 rings (SSSR count). The van der Waals surface area contributed by atoms with E-state index in [-0.39, 0.29) is 0 Å². The van der Waals surface area contributed by atoms with E-state index in [1.807, 2.05) is 4.90 Å². The number of ether oxygens (including phenoxy) is 1. The number of benzene rings is 1. The Morgan fingerprint density at radius 1 is 1.26 bits per heavy atom. The normalized spacial score (nSPS) is 15.8. The molecule has 0 amide bonds. The monoisotopic (exact) mass is 329 g/mol. The molecular weight excluding hydrogens is 314 g/mol. The number of hydrazone groups is 1. The van der Waals surface area contributed by atoms with E-state index in [4.69, 9.17) is 4.74 Å². The summed E-state index contributed by atoms with van der Waals surface area (Å²) in [4.78, 5) is 12.1. The quantitative estimate of drug-likeness (QED) is 0.873. The molecule has 0 spiro atoms. The van der Waals surface area contributed by atoms with Gasteiger partial charge in [-0.25, -0.2) is 15.5 Å². The molecule has 0 saturated heterocycles. The van der Waals surface area contributed by atoms with Gasteiger partial charge in [-0.3, -0.25) is 10.3 Å². The molecule has 2 aliphatic heterocycles. The number of fused-ring (bicyclic) bond motifs is 2. The molecule has 3 heterocycles. The average molecular weight is 329 g/mol. The first kappa shape index (κ1) is 14.2. The Balaban J connectivity index is 1.68. The van der Waals surface area contributed by atoms with Gasteiger partial charge in [0.05, 0.1) is 12.2 Å². The Kier molecular flexibility index (Phi) is 3.74. The minimum Gasteiger partial charge on any atom is -0.364 e. The van der Waals surface area contributed by atoms with E-state index < -0.39 is 0 Å². The Morgan fingerprint density at radius 3 is 3.00 bits per heavy atom. The van der Waals surface area contributed by atoms with Crippen molar-refractivity contribution in [1.82, 2.24) is 26.0 Å². The maximum Gasteiger partial charge on any atom is 0.168 e. The lowest BCUT2D eigenvalue weighted by molar-refractivity contribution is 0.171. The van der Waals surface area contributed by atoms with Crippen LogP contribution >= 0.6 is 11.8 Å². The summed E-state index contributed by atoms with van der Waals surface area (Å²) < 4.78 is 5.36. The fourth-order valence-corrected chi connectivity index (χ4v) is 3.49. The van der Waals surface area contributed by atoms with Crippen molar-refractivity contribution in [1.29, 1.82) is 0 Å². The lowest BCUT2D eigenvalue weighted by Crippen LogP contribution is -2.38. The molecule has 2 aromatic rings. The van der Waals surface area contributed by atoms with E-state index in [9.17, 15) is 0 Å². The van der Waals surface area contributed by atoms with Crippen molar-refractivity contribution in [3.05, 3.63) is 36.2 Å². The predicted molar refractivity (Wildman–Crippen MR) is 86.9 cm³/mol. The third kappa shape index (κ3) is 2.69. The molecule has 0 saturated carbocycles. The molecule has 1 aromatic heterocycles. The van der Waals surface area contributed by atoms with E-state index in [1.54, 1.807) is 42.7 Å². The number of hydrogen-bond donors (Lipinski definition) is 2. The van der Waals surface area contributed by atoms with Gasteiger partial charge in [-0.2, -0.15) is 5.10 Å². The lowest BCUT2D eigenvalue weighted by Gasteiger charge is -2.30. The minimum atomic E-state index is 0.423. The van der Waals surface area contributed by atoms with E-state index in [1.165, 1.54) is 0 Å². The van der Waals surface area contributed by atoms with Crippen LogP contribution in [0.25, 0.3) is 0 Å². The van der Waals surface area contributed by atoms with Crippen molar-refractivity contribution < 1.29 is 4.74 Å². The van der Waals surface area contributed by atoms with Crippen molar-refractivity contribution >= 4 is 29.6 Å². The summed E-state index contributed by atoms with van der Waals surface area (Å²) in [6.45, 7) is 1.10. The molecule has 8 nitrogen and oxygen atoms in total. The maximum absolute atomic E-state index is 5.36. The standard InChI is InChI=1S/C14H15N7OS/c1-22-9-20-11-6-10(7-21-18-8-17-19-21)2-3-12(11)23-14-13(20)15-4-5-16-14/h2-6,8,19H,7,9H2,1H3,(H,17,18). The topological polar surface area (TPSA) is 77.9 Å². The summed E-state index contributed by atoms with van der Waals surface area (Å²) in [5, 5.41) is 6.60. The van der Waals surface area contributed by atoms with Gasteiger partial charge in [-0.15, -0.1) is 5.12 Å². The van der Waals surface area contributed by atoms with Crippen LogP contribution in [0.5, 0.6) is 0 Å².